The van der Waals surface area contributed by atoms with Crippen LogP contribution in [0.15, 0.2) is 42.5 Å². The van der Waals surface area contributed by atoms with Gasteiger partial charge in [0.1, 0.15) is 19.7 Å². The van der Waals surface area contributed by atoms with Gasteiger partial charge in [-0.05, 0) is 20.8 Å². The number of rotatable bonds is 8. The second kappa shape index (κ2) is 10.8. The number of ether oxygens (including phenoxy) is 1. The smallest absolute Gasteiger partial charge is 0.330 e. The van der Waals surface area contributed by atoms with E-state index in [0.29, 0.717) is 6.61 Å². The van der Waals surface area contributed by atoms with Crippen LogP contribution in [-0.2, 0) is 16.1 Å². The molecule has 3 nitrogen and oxygen atoms in total. The van der Waals surface area contributed by atoms with Crippen LogP contribution in [0.4, 0.5) is 0 Å². The number of carbonyl (C=O) groups is 1. The molecule has 0 aromatic heterocycles. The lowest BCUT2D eigenvalue weighted by Gasteiger charge is -2.36. The molecule has 0 aliphatic rings. The van der Waals surface area contributed by atoms with E-state index in [-0.39, 0.29) is 29.9 Å². The van der Waals surface area contributed by atoms with Gasteiger partial charge in [-0.1, -0.05) is 36.4 Å². The highest BCUT2D eigenvalue weighted by Crippen LogP contribution is 2.14. The second-order valence-corrected chi connectivity index (χ2v) is 5.01. The van der Waals surface area contributed by atoms with Gasteiger partial charge < -0.3 is 33.2 Å². The van der Waals surface area contributed by atoms with E-state index in [2.05, 4.69) is 38.1 Å². The minimum atomic E-state index is -0.252. The summed E-state index contributed by atoms with van der Waals surface area (Å²) in [6.07, 6.45) is 3.16. The molecular formula is C17H26INO2. The zero-order valence-electron chi connectivity index (χ0n) is 13.2. The molecule has 0 N–H and O–H groups in total. The van der Waals surface area contributed by atoms with Gasteiger partial charge in [0.25, 0.3) is 0 Å². The lowest BCUT2D eigenvalue weighted by Crippen LogP contribution is -3.00. The van der Waals surface area contributed by atoms with Gasteiger partial charge in [0.15, 0.2) is 0 Å². The molecule has 0 radical (unpaired) electrons. The first kappa shape index (κ1) is 20.1. The van der Waals surface area contributed by atoms with E-state index in [1.807, 2.05) is 13.0 Å². The highest BCUT2D eigenvalue weighted by atomic mass is 127. The van der Waals surface area contributed by atoms with Crippen molar-refractivity contribution >= 4 is 5.97 Å². The van der Waals surface area contributed by atoms with Gasteiger partial charge in [0.05, 0.1) is 13.1 Å². The molecule has 0 unspecified atom stereocenters. The lowest BCUT2D eigenvalue weighted by atomic mass is 10.2. The number of esters is 1. The minimum absolute atomic E-state index is 0. The number of halogens is 1. The maximum absolute atomic E-state index is 11.3. The highest BCUT2D eigenvalue weighted by molar-refractivity contribution is 5.81. The van der Waals surface area contributed by atoms with E-state index < -0.39 is 0 Å². The number of quaternary nitrogens is 1. The Kier molecular flexibility index (Phi) is 10.3. The molecule has 4 heteroatoms. The molecule has 0 heterocycles. The number of likely N-dealkylation sites (N-methyl/N-ethyl adjacent to an activating group) is 1. The quantitative estimate of drug-likeness (QED) is 0.268. The standard InChI is InChI=1S/C17H26NO2.HI/c1-4-10-17(19)20-14-13-18(5-2,6-3)15-16-11-8-7-9-12-16;/h4,7-12H,5-6,13-15H2,1-3H3;1H/q+1;/p-1. The Morgan fingerprint density at radius 1 is 1.19 bits per heavy atom. The third kappa shape index (κ3) is 7.09. The molecule has 1 rings (SSSR count). The number of allylic oxidation sites excluding steroid dienone is 1. The lowest BCUT2D eigenvalue weighted by molar-refractivity contribution is -0.937. The summed E-state index contributed by atoms with van der Waals surface area (Å²) in [6, 6.07) is 10.5. The second-order valence-electron chi connectivity index (χ2n) is 5.01. The predicted octanol–water partition coefficient (Wildman–Crippen LogP) is 0.167. The molecule has 1 aromatic rings. The number of nitrogens with zero attached hydrogens (tertiary/aromatic N) is 1. The Labute approximate surface area is 145 Å². The molecule has 21 heavy (non-hydrogen) atoms. The van der Waals surface area contributed by atoms with Crippen LogP contribution < -0.4 is 24.0 Å². The molecule has 0 saturated heterocycles. The van der Waals surface area contributed by atoms with Crippen LogP contribution >= 0.6 is 0 Å². The average Bonchev–Trinajstić information content (AvgIpc) is 2.47. The van der Waals surface area contributed by atoms with Crippen molar-refractivity contribution in [1.29, 1.82) is 0 Å². The maximum atomic E-state index is 11.3. The van der Waals surface area contributed by atoms with Crippen molar-refractivity contribution in [3.05, 3.63) is 48.0 Å². The molecular weight excluding hydrogens is 377 g/mol. The normalized spacial score (nSPS) is 11.2. The Balaban J connectivity index is 0.00000400. The molecule has 0 aliphatic heterocycles. The fourth-order valence-corrected chi connectivity index (χ4v) is 2.34. The topological polar surface area (TPSA) is 26.3 Å². The zero-order chi connectivity index (χ0) is 14.8. The van der Waals surface area contributed by atoms with E-state index in [9.17, 15) is 4.79 Å². The summed E-state index contributed by atoms with van der Waals surface area (Å²) < 4.78 is 6.18. The van der Waals surface area contributed by atoms with Crippen LogP contribution in [0.2, 0.25) is 0 Å². The predicted molar refractivity (Wildman–Crippen MR) is 82.1 cm³/mol. The van der Waals surface area contributed by atoms with Gasteiger partial charge in [-0.25, -0.2) is 4.79 Å². The summed E-state index contributed by atoms with van der Waals surface area (Å²) in [7, 11) is 0. The molecule has 0 aliphatic carbocycles. The Morgan fingerprint density at radius 3 is 2.33 bits per heavy atom. The Hall–Kier alpha value is -0.880. The number of hydrogen-bond acceptors (Lipinski definition) is 2. The molecule has 0 amide bonds. The van der Waals surface area contributed by atoms with Gasteiger partial charge >= 0.3 is 5.97 Å². The van der Waals surface area contributed by atoms with Gasteiger partial charge in [-0.2, -0.15) is 0 Å². The van der Waals surface area contributed by atoms with Crippen molar-refractivity contribution in [2.24, 2.45) is 0 Å². The van der Waals surface area contributed by atoms with Gasteiger partial charge in [-0.15, -0.1) is 0 Å². The van der Waals surface area contributed by atoms with Crippen molar-refractivity contribution in [1.82, 2.24) is 0 Å². The number of benzene rings is 1. The molecule has 118 valence electrons. The van der Waals surface area contributed by atoms with Crippen LogP contribution in [0.1, 0.15) is 26.3 Å². The van der Waals surface area contributed by atoms with Crippen LogP contribution in [0, 0.1) is 0 Å². The summed E-state index contributed by atoms with van der Waals surface area (Å²) >= 11 is 0. The molecule has 0 bridgehead atoms. The van der Waals surface area contributed by atoms with Crippen molar-refractivity contribution in [2.45, 2.75) is 27.3 Å². The number of carbonyl (C=O) groups excluding carboxylic acids is 1. The Morgan fingerprint density at radius 2 is 1.81 bits per heavy atom. The first-order valence-corrected chi connectivity index (χ1v) is 7.34. The van der Waals surface area contributed by atoms with Gasteiger partial charge in [0.2, 0.25) is 0 Å². The third-order valence-corrected chi connectivity index (χ3v) is 3.82. The van der Waals surface area contributed by atoms with E-state index in [1.54, 1.807) is 6.08 Å². The first-order chi connectivity index (χ1) is 9.65. The summed E-state index contributed by atoms with van der Waals surface area (Å²) in [5, 5.41) is 0. The van der Waals surface area contributed by atoms with Crippen molar-refractivity contribution in [3.63, 3.8) is 0 Å². The van der Waals surface area contributed by atoms with E-state index in [4.69, 9.17) is 4.74 Å². The maximum Gasteiger partial charge on any atom is 0.330 e. The molecule has 0 atom stereocenters. The summed E-state index contributed by atoms with van der Waals surface area (Å²) in [6.45, 7) is 10.6. The fourth-order valence-electron chi connectivity index (χ4n) is 2.34. The van der Waals surface area contributed by atoms with Crippen molar-refractivity contribution < 1.29 is 38.0 Å². The molecule has 1 aromatic carbocycles. The summed E-state index contributed by atoms with van der Waals surface area (Å²) in [5.74, 6) is -0.252. The highest BCUT2D eigenvalue weighted by Gasteiger charge is 2.23. The first-order valence-electron chi connectivity index (χ1n) is 7.34. The van der Waals surface area contributed by atoms with Crippen LogP contribution in [0.25, 0.3) is 0 Å². The van der Waals surface area contributed by atoms with Gasteiger partial charge in [-0.3, -0.25) is 0 Å². The summed E-state index contributed by atoms with van der Waals surface area (Å²) in [4.78, 5) is 11.3. The minimum Gasteiger partial charge on any atom is -1.00 e. The van der Waals surface area contributed by atoms with Crippen LogP contribution in [0.3, 0.4) is 0 Å². The van der Waals surface area contributed by atoms with Crippen molar-refractivity contribution in [2.75, 3.05) is 26.2 Å². The number of hydrogen-bond donors (Lipinski definition) is 0. The zero-order valence-corrected chi connectivity index (χ0v) is 15.4. The monoisotopic (exact) mass is 403 g/mol. The van der Waals surface area contributed by atoms with Gasteiger partial charge in [0, 0.05) is 11.6 Å². The average molecular weight is 403 g/mol. The molecule has 0 fully saturated rings. The van der Waals surface area contributed by atoms with E-state index in [0.717, 1.165) is 30.7 Å². The summed E-state index contributed by atoms with van der Waals surface area (Å²) in [5.41, 5.74) is 1.33. The van der Waals surface area contributed by atoms with Crippen molar-refractivity contribution in [3.8, 4) is 0 Å². The molecule has 0 saturated carbocycles. The fraction of sp³-hybridized carbons (Fsp3) is 0.471. The van der Waals surface area contributed by atoms with Crippen LogP contribution in [0.5, 0.6) is 0 Å². The van der Waals surface area contributed by atoms with Crippen LogP contribution in [-0.4, -0.2) is 36.7 Å². The third-order valence-electron chi connectivity index (χ3n) is 3.82. The van der Waals surface area contributed by atoms with E-state index >= 15 is 0 Å². The largest absolute Gasteiger partial charge is 1.00 e. The Bertz CT molecular complexity index is 428. The molecule has 0 spiro atoms. The van der Waals surface area contributed by atoms with E-state index in [1.165, 1.54) is 11.6 Å². The SMILES string of the molecule is CC=CC(=O)OCC[N+](CC)(CC)Cc1ccccc1.[I-].